The zero-order chi connectivity index (χ0) is 16.9. The van der Waals surface area contributed by atoms with E-state index in [0.717, 1.165) is 23.4 Å². The van der Waals surface area contributed by atoms with Crippen molar-refractivity contribution in [2.24, 2.45) is 0 Å². The molecule has 0 unspecified atom stereocenters. The predicted octanol–water partition coefficient (Wildman–Crippen LogP) is 4.40. The number of hydrogen-bond donors (Lipinski definition) is 2. The van der Waals surface area contributed by atoms with Crippen molar-refractivity contribution in [1.82, 2.24) is 9.97 Å². The average Bonchev–Trinajstić information content (AvgIpc) is 3.04. The lowest BCUT2D eigenvalue weighted by atomic mass is 10.1. The third kappa shape index (κ3) is 3.78. The molecule has 1 amide bonds. The van der Waals surface area contributed by atoms with Crippen molar-refractivity contribution >= 4 is 33.9 Å². The van der Waals surface area contributed by atoms with Gasteiger partial charge < -0.3 is 10.6 Å². The van der Waals surface area contributed by atoms with Gasteiger partial charge in [-0.2, -0.15) is 0 Å². The maximum atomic E-state index is 12.4. The predicted molar refractivity (Wildman–Crippen MR) is 98.1 cm³/mol. The van der Waals surface area contributed by atoms with E-state index in [4.69, 9.17) is 0 Å². The Labute approximate surface area is 144 Å². The minimum atomic E-state index is -0.211. The minimum Gasteiger partial charge on any atom is -0.320 e. The third-order valence-corrected chi connectivity index (χ3v) is 4.26. The van der Waals surface area contributed by atoms with Gasteiger partial charge in [-0.25, -0.2) is 9.97 Å². The number of pyridine rings is 1. The van der Waals surface area contributed by atoms with Gasteiger partial charge in [-0.15, -0.1) is 11.3 Å². The lowest BCUT2D eigenvalue weighted by molar-refractivity contribution is 0.102. The summed E-state index contributed by atoms with van der Waals surface area (Å²) in [5.74, 6) is 0.505. The van der Waals surface area contributed by atoms with Crippen molar-refractivity contribution in [3.05, 3.63) is 64.8 Å². The lowest BCUT2D eigenvalue weighted by Gasteiger charge is -2.08. The van der Waals surface area contributed by atoms with Crippen LogP contribution in [-0.2, 0) is 6.42 Å². The Balaban J connectivity index is 1.72. The average molecular weight is 338 g/mol. The van der Waals surface area contributed by atoms with Crippen LogP contribution in [0.4, 0.5) is 16.6 Å². The number of amides is 1. The fourth-order valence-electron chi connectivity index (χ4n) is 2.29. The Bertz CT molecular complexity index is 859. The van der Waals surface area contributed by atoms with Gasteiger partial charge in [-0.05, 0) is 37.1 Å². The molecule has 2 aromatic heterocycles. The number of nitrogens with one attached hydrogen (secondary N) is 2. The van der Waals surface area contributed by atoms with Gasteiger partial charge in [0.15, 0.2) is 5.13 Å². The number of nitrogens with zero attached hydrogens (tertiary/aromatic N) is 2. The van der Waals surface area contributed by atoms with Crippen LogP contribution in [0.2, 0.25) is 0 Å². The van der Waals surface area contributed by atoms with E-state index < -0.39 is 0 Å². The van der Waals surface area contributed by atoms with E-state index in [1.807, 2.05) is 49.4 Å². The number of carbonyl (C=O) groups is 1. The van der Waals surface area contributed by atoms with Crippen molar-refractivity contribution in [3.63, 3.8) is 0 Å². The molecule has 1 aromatic carbocycles. The van der Waals surface area contributed by atoms with Gasteiger partial charge in [0.2, 0.25) is 0 Å². The molecule has 0 fully saturated rings. The van der Waals surface area contributed by atoms with Crippen LogP contribution in [0.25, 0.3) is 0 Å². The molecule has 0 bridgehead atoms. The Morgan fingerprint density at radius 2 is 1.96 bits per heavy atom. The van der Waals surface area contributed by atoms with E-state index in [1.54, 1.807) is 5.38 Å². The first kappa shape index (κ1) is 16.1. The van der Waals surface area contributed by atoms with Crippen LogP contribution < -0.4 is 10.6 Å². The van der Waals surface area contributed by atoms with Crippen molar-refractivity contribution in [2.45, 2.75) is 20.3 Å². The zero-order valence-electron chi connectivity index (χ0n) is 13.5. The monoisotopic (exact) mass is 338 g/mol. The number of benzene rings is 1. The van der Waals surface area contributed by atoms with Gasteiger partial charge in [0, 0.05) is 16.8 Å². The summed E-state index contributed by atoms with van der Waals surface area (Å²) in [5.41, 5.74) is 3.24. The molecule has 0 aliphatic carbocycles. The van der Waals surface area contributed by atoms with E-state index in [1.165, 1.54) is 11.3 Å². The molecule has 2 heterocycles. The quantitative estimate of drug-likeness (QED) is 0.723. The van der Waals surface area contributed by atoms with E-state index >= 15 is 0 Å². The second kappa shape index (κ2) is 7.23. The van der Waals surface area contributed by atoms with Crippen molar-refractivity contribution in [1.29, 1.82) is 0 Å². The highest BCUT2D eigenvalue weighted by molar-refractivity contribution is 7.14. The first-order valence-electron chi connectivity index (χ1n) is 7.71. The molecule has 3 rings (SSSR count). The van der Waals surface area contributed by atoms with Gasteiger partial charge in [-0.1, -0.05) is 31.2 Å². The number of thiazole rings is 1. The van der Waals surface area contributed by atoms with Crippen LogP contribution in [0.3, 0.4) is 0 Å². The Kier molecular flexibility index (Phi) is 4.86. The standard InChI is InChI=1S/C18H18N4OS/c1-3-13-8-4-5-9-14(13)20-17(23)15-11-24-18(21-15)22-16-10-6-7-12(2)19-16/h4-11H,3H2,1-2H3,(H,20,23)(H,19,21,22). The highest BCUT2D eigenvalue weighted by Crippen LogP contribution is 2.21. The van der Waals surface area contributed by atoms with Crippen molar-refractivity contribution in [3.8, 4) is 0 Å². The number of rotatable bonds is 5. The summed E-state index contributed by atoms with van der Waals surface area (Å²) in [6.07, 6.45) is 0.860. The zero-order valence-corrected chi connectivity index (χ0v) is 14.4. The topological polar surface area (TPSA) is 66.9 Å². The summed E-state index contributed by atoms with van der Waals surface area (Å²) in [4.78, 5) is 21.1. The van der Waals surface area contributed by atoms with Crippen LogP contribution in [0.15, 0.2) is 47.8 Å². The lowest BCUT2D eigenvalue weighted by Crippen LogP contribution is -2.13. The molecule has 0 atom stereocenters. The highest BCUT2D eigenvalue weighted by atomic mass is 32.1. The molecule has 0 aliphatic heterocycles. The van der Waals surface area contributed by atoms with Gasteiger partial charge in [0.1, 0.15) is 11.5 Å². The van der Waals surface area contributed by atoms with E-state index in [0.29, 0.717) is 16.6 Å². The first-order chi connectivity index (χ1) is 11.7. The normalized spacial score (nSPS) is 10.4. The fourth-order valence-corrected chi connectivity index (χ4v) is 2.99. The molecule has 6 heteroatoms. The molecule has 5 nitrogen and oxygen atoms in total. The molecule has 0 aliphatic rings. The van der Waals surface area contributed by atoms with Crippen LogP contribution in [0.5, 0.6) is 0 Å². The van der Waals surface area contributed by atoms with Crippen molar-refractivity contribution in [2.75, 3.05) is 10.6 Å². The smallest absolute Gasteiger partial charge is 0.275 e. The number of para-hydroxylation sites is 1. The number of aryl methyl sites for hydroxylation is 2. The van der Waals surface area contributed by atoms with Gasteiger partial charge in [0.05, 0.1) is 0 Å². The molecule has 0 saturated heterocycles. The molecule has 122 valence electrons. The first-order valence-corrected chi connectivity index (χ1v) is 8.59. The highest BCUT2D eigenvalue weighted by Gasteiger charge is 2.12. The Morgan fingerprint density at radius 1 is 1.12 bits per heavy atom. The number of aromatic nitrogens is 2. The van der Waals surface area contributed by atoms with Gasteiger partial charge in [-0.3, -0.25) is 4.79 Å². The molecule has 0 radical (unpaired) electrons. The minimum absolute atomic E-state index is 0.211. The largest absolute Gasteiger partial charge is 0.320 e. The summed E-state index contributed by atoms with van der Waals surface area (Å²) in [6, 6.07) is 13.5. The number of carbonyl (C=O) groups excluding carboxylic acids is 1. The summed E-state index contributed by atoms with van der Waals surface area (Å²) in [6.45, 7) is 3.99. The summed E-state index contributed by atoms with van der Waals surface area (Å²) >= 11 is 1.38. The summed E-state index contributed by atoms with van der Waals surface area (Å²) < 4.78 is 0. The maximum Gasteiger partial charge on any atom is 0.275 e. The fraction of sp³-hybridized carbons (Fsp3) is 0.167. The molecule has 24 heavy (non-hydrogen) atoms. The molecule has 0 saturated carbocycles. The summed E-state index contributed by atoms with van der Waals surface area (Å²) in [7, 11) is 0. The van der Waals surface area contributed by atoms with Crippen LogP contribution in [-0.4, -0.2) is 15.9 Å². The van der Waals surface area contributed by atoms with Gasteiger partial charge in [0.25, 0.3) is 5.91 Å². The maximum absolute atomic E-state index is 12.4. The van der Waals surface area contributed by atoms with Crippen LogP contribution in [0.1, 0.15) is 28.7 Å². The molecule has 2 N–H and O–H groups in total. The summed E-state index contributed by atoms with van der Waals surface area (Å²) in [5, 5.41) is 8.43. The Hall–Kier alpha value is -2.73. The molecule has 3 aromatic rings. The SMILES string of the molecule is CCc1ccccc1NC(=O)c1csc(Nc2cccc(C)n2)n1. The van der Waals surface area contributed by atoms with Crippen molar-refractivity contribution < 1.29 is 4.79 Å². The second-order valence-electron chi connectivity index (χ2n) is 5.29. The molecular formula is C18H18N4OS. The van der Waals surface area contributed by atoms with E-state index in [2.05, 4.69) is 27.5 Å². The Morgan fingerprint density at radius 3 is 2.75 bits per heavy atom. The molecular weight excluding hydrogens is 320 g/mol. The second-order valence-corrected chi connectivity index (χ2v) is 6.15. The molecule has 0 spiro atoms. The number of hydrogen-bond acceptors (Lipinski definition) is 5. The number of anilines is 3. The van der Waals surface area contributed by atoms with Crippen LogP contribution >= 0.6 is 11.3 Å². The van der Waals surface area contributed by atoms with Gasteiger partial charge >= 0.3 is 0 Å². The third-order valence-electron chi connectivity index (χ3n) is 3.51. The van der Waals surface area contributed by atoms with E-state index in [9.17, 15) is 4.79 Å². The van der Waals surface area contributed by atoms with Crippen LogP contribution in [0, 0.1) is 6.92 Å². The van der Waals surface area contributed by atoms with E-state index in [-0.39, 0.29) is 5.91 Å².